The highest BCUT2D eigenvalue weighted by Crippen LogP contribution is 2.22. The molecule has 0 saturated carbocycles. The van der Waals surface area contributed by atoms with Gasteiger partial charge in [-0.1, -0.05) is 16.7 Å². The van der Waals surface area contributed by atoms with Crippen LogP contribution < -0.4 is 10.6 Å². The molecule has 0 aromatic heterocycles. The predicted octanol–water partition coefficient (Wildman–Crippen LogP) is 3.11. The number of rotatable bonds is 7. The minimum absolute atomic E-state index is 0.0840. The van der Waals surface area contributed by atoms with Gasteiger partial charge in [-0.25, -0.2) is 0 Å². The zero-order valence-electron chi connectivity index (χ0n) is 14.4. The van der Waals surface area contributed by atoms with Gasteiger partial charge in [0, 0.05) is 26.1 Å². The molecule has 1 aromatic rings. The maximum atomic E-state index is 11.0. The van der Waals surface area contributed by atoms with Gasteiger partial charge in [-0.05, 0) is 22.3 Å². The molecule has 2 N–H and O–H groups in total. The van der Waals surface area contributed by atoms with Crippen LogP contribution in [0.1, 0.15) is 19.4 Å². The summed E-state index contributed by atoms with van der Waals surface area (Å²) in [6, 6.07) is 7.38. The van der Waals surface area contributed by atoms with Crippen LogP contribution in [-0.2, 0) is 29.4 Å². The molecule has 0 saturated heterocycles. The van der Waals surface area contributed by atoms with Crippen molar-refractivity contribution in [1.29, 1.82) is 0 Å². The lowest BCUT2D eigenvalue weighted by molar-refractivity contribution is -0.119. The first-order valence-electron chi connectivity index (χ1n) is 7.23. The molecule has 2 atom stereocenters. The SMILES string of the molecule is CC(=O)NCCO[P+](C)=O.CC(=O)Nc1ccc(C[P+](C)=O)cc1. The average Bonchev–Trinajstić information content (AvgIpc) is 2.45. The topological polar surface area (TPSA) is 102 Å². The molecular weight excluding hydrogens is 350 g/mol. The standard InChI is InChI=1S/C10H12NO2P.C5H10NO3P/c1-8(12)11-10-5-3-9(4-6-10)7-14(2)13;1-5(7)6-3-4-9-10(2)8/h3-6H,7H2,1-2H3;3-4H2,1-2H3/p+2. The van der Waals surface area contributed by atoms with Gasteiger partial charge in [0.15, 0.2) is 12.8 Å². The molecule has 7 nitrogen and oxygen atoms in total. The normalized spacial score (nSPS) is 10.8. The number of nitrogens with one attached hydrogen (secondary N) is 2. The maximum absolute atomic E-state index is 11.0. The van der Waals surface area contributed by atoms with E-state index in [-0.39, 0.29) is 11.8 Å². The van der Waals surface area contributed by atoms with Crippen LogP contribution in [0, 0.1) is 0 Å². The fraction of sp³-hybridized carbons (Fsp3) is 0.467. The maximum Gasteiger partial charge on any atom is 0.504 e. The van der Waals surface area contributed by atoms with Gasteiger partial charge in [0.2, 0.25) is 11.8 Å². The van der Waals surface area contributed by atoms with Gasteiger partial charge in [-0.15, -0.1) is 4.52 Å². The summed E-state index contributed by atoms with van der Waals surface area (Å²) in [6.07, 6.45) is 0.593. The second-order valence-corrected chi connectivity index (χ2v) is 7.63. The predicted molar refractivity (Wildman–Crippen MR) is 96.1 cm³/mol. The van der Waals surface area contributed by atoms with Gasteiger partial charge >= 0.3 is 15.8 Å². The van der Waals surface area contributed by atoms with E-state index in [1.165, 1.54) is 20.5 Å². The molecule has 0 aliphatic heterocycles. The molecule has 9 heteroatoms. The third-order valence-corrected chi connectivity index (χ3v) is 3.79. The molecule has 0 fully saturated rings. The van der Waals surface area contributed by atoms with Crippen molar-refractivity contribution in [3.8, 4) is 0 Å². The first-order valence-corrected chi connectivity index (χ1v) is 10.8. The van der Waals surface area contributed by atoms with Crippen LogP contribution in [0.2, 0.25) is 0 Å². The van der Waals surface area contributed by atoms with Crippen LogP contribution in [0.25, 0.3) is 0 Å². The second kappa shape index (κ2) is 12.7. The Kier molecular flexibility index (Phi) is 11.8. The van der Waals surface area contributed by atoms with Gasteiger partial charge in [-0.3, -0.25) is 9.59 Å². The molecule has 0 heterocycles. The van der Waals surface area contributed by atoms with Crippen molar-refractivity contribution < 1.29 is 23.2 Å². The van der Waals surface area contributed by atoms with Crippen LogP contribution >= 0.6 is 15.8 Å². The first kappa shape index (κ1) is 22.3. The molecule has 2 unspecified atom stereocenters. The average molecular weight is 374 g/mol. The zero-order valence-corrected chi connectivity index (χ0v) is 16.2. The molecule has 0 aliphatic carbocycles. The molecule has 2 amide bonds. The van der Waals surface area contributed by atoms with Gasteiger partial charge in [0.05, 0.1) is 0 Å². The highest BCUT2D eigenvalue weighted by Gasteiger charge is 2.07. The highest BCUT2D eigenvalue weighted by molar-refractivity contribution is 7.42. The van der Waals surface area contributed by atoms with Gasteiger partial charge in [-0.2, -0.15) is 0 Å². The summed E-state index contributed by atoms with van der Waals surface area (Å²) in [5.74, 6) is -0.186. The monoisotopic (exact) mass is 374 g/mol. The smallest absolute Gasteiger partial charge is 0.354 e. The Morgan fingerprint density at radius 3 is 2.04 bits per heavy atom. The number of carbonyl (C=O) groups is 2. The summed E-state index contributed by atoms with van der Waals surface area (Å²) in [5.41, 5.74) is 1.80. The van der Waals surface area contributed by atoms with Crippen LogP contribution in [-0.4, -0.2) is 38.3 Å². The minimum atomic E-state index is -1.53. The van der Waals surface area contributed by atoms with Crippen LogP contribution in [0.4, 0.5) is 5.69 Å². The van der Waals surface area contributed by atoms with Crippen molar-refractivity contribution in [2.24, 2.45) is 0 Å². The molecule has 0 aliphatic rings. The van der Waals surface area contributed by atoms with E-state index in [9.17, 15) is 18.7 Å². The number of anilines is 1. The van der Waals surface area contributed by atoms with E-state index in [1.54, 1.807) is 6.66 Å². The van der Waals surface area contributed by atoms with Crippen molar-refractivity contribution in [3.05, 3.63) is 29.8 Å². The Bertz CT molecular complexity index is 525. The van der Waals surface area contributed by atoms with E-state index in [0.29, 0.717) is 19.3 Å². The Labute approximate surface area is 144 Å². The number of benzene rings is 1. The van der Waals surface area contributed by atoms with Gasteiger partial charge in [0.1, 0.15) is 13.3 Å². The fourth-order valence-electron chi connectivity index (χ4n) is 1.56. The third kappa shape index (κ3) is 13.9. The van der Waals surface area contributed by atoms with Crippen molar-refractivity contribution in [2.75, 3.05) is 31.8 Å². The lowest BCUT2D eigenvalue weighted by atomic mass is 10.2. The summed E-state index contributed by atoms with van der Waals surface area (Å²) in [7, 11) is -2.67. The van der Waals surface area contributed by atoms with E-state index < -0.39 is 15.8 Å². The quantitative estimate of drug-likeness (QED) is 0.564. The molecule has 1 aromatic carbocycles. The van der Waals surface area contributed by atoms with E-state index in [0.717, 1.165) is 11.3 Å². The Morgan fingerprint density at radius 2 is 1.62 bits per heavy atom. The number of amides is 2. The highest BCUT2D eigenvalue weighted by atomic mass is 31.1. The van der Waals surface area contributed by atoms with E-state index in [1.807, 2.05) is 24.3 Å². The fourth-order valence-corrected chi connectivity index (χ4v) is 2.63. The zero-order chi connectivity index (χ0) is 18.5. The van der Waals surface area contributed by atoms with Crippen molar-refractivity contribution in [3.63, 3.8) is 0 Å². The Morgan fingerprint density at radius 1 is 1.04 bits per heavy atom. The van der Waals surface area contributed by atoms with Crippen LogP contribution in [0.5, 0.6) is 0 Å². The number of carbonyl (C=O) groups excluding carboxylic acids is 2. The summed E-state index contributed by atoms with van der Waals surface area (Å²) in [4.78, 5) is 21.0. The lowest BCUT2D eigenvalue weighted by Gasteiger charge is -2.01. The van der Waals surface area contributed by atoms with E-state index in [4.69, 9.17) is 0 Å². The summed E-state index contributed by atoms with van der Waals surface area (Å²) < 4.78 is 25.9. The van der Waals surface area contributed by atoms with Crippen molar-refractivity contribution >= 4 is 33.3 Å². The molecule has 0 spiro atoms. The van der Waals surface area contributed by atoms with E-state index in [2.05, 4.69) is 15.2 Å². The van der Waals surface area contributed by atoms with Gasteiger partial charge < -0.3 is 10.6 Å². The lowest BCUT2D eigenvalue weighted by Crippen LogP contribution is -2.23. The van der Waals surface area contributed by atoms with Crippen molar-refractivity contribution in [2.45, 2.75) is 20.0 Å². The number of hydrogen-bond acceptors (Lipinski definition) is 5. The van der Waals surface area contributed by atoms with Crippen molar-refractivity contribution in [1.82, 2.24) is 5.32 Å². The second-order valence-electron chi connectivity index (χ2n) is 4.92. The molecule has 0 radical (unpaired) electrons. The van der Waals surface area contributed by atoms with E-state index >= 15 is 0 Å². The molecular formula is C15H24N2O5P2+2. The summed E-state index contributed by atoms with van der Waals surface area (Å²) in [5, 5.41) is 5.18. The van der Waals surface area contributed by atoms with Crippen LogP contribution in [0.3, 0.4) is 0 Å². The van der Waals surface area contributed by atoms with Gasteiger partial charge in [0.25, 0.3) is 0 Å². The summed E-state index contributed by atoms with van der Waals surface area (Å²) in [6.45, 7) is 6.80. The number of hydrogen-bond donors (Lipinski definition) is 2. The first-order chi connectivity index (χ1) is 11.2. The molecule has 1 rings (SSSR count). The third-order valence-electron chi connectivity index (χ3n) is 2.43. The largest absolute Gasteiger partial charge is 0.504 e. The minimum Gasteiger partial charge on any atom is -0.354 e. The Balaban J connectivity index is 0.000000470. The molecule has 132 valence electrons. The molecule has 24 heavy (non-hydrogen) atoms. The molecule has 0 bridgehead atoms. The Hall–Kier alpha value is -1.68. The summed E-state index contributed by atoms with van der Waals surface area (Å²) >= 11 is 0. The van der Waals surface area contributed by atoms with Crippen LogP contribution in [0.15, 0.2) is 24.3 Å².